The van der Waals surface area contributed by atoms with E-state index in [-0.39, 0.29) is 0 Å². The highest BCUT2D eigenvalue weighted by Crippen LogP contribution is 2.54. The van der Waals surface area contributed by atoms with Crippen LogP contribution in [0.25, 0.3) is 38.8 Å². The van der Waals surface area contributed by atoms with E-state index in [9.17, 15) is 0 Å². The topological polar surface area (TPSA) is 17.0 Å². The van der Waals surface area contributed by atoms with Crippen molar-refractivity contribution in [1.82, 2.24) is 0 Å². The summed E-state index contributed by atoms with van der Waals surface area (Å²) >= 11 is 0. The van der Waals surface area contributed by atoms with Crippen LogP contribution in [-0.2, 0) is 7.05 Å². The molecule has 2 unspecified atom stereocenters. The van der Waals surface area contributed by atoms with E-state index in [1.165, 1.54) is 50.6 Å². The number of hydrogen-bond donors (Lipinski definition) is 0. The Labute approximate surface area is 216 Å². The molecule has 4 aliphatic carbocycles. The first-order valence-corrected chi connectivity index (χ1v) is 13.3. The Morgan fingerprint density at radius 2 is 1.62 bits per heavy atom. The summed E-state index contributed by atoms with van der Waals surface area (Å²) in [6.07, 6.45) is 20.7. The molecular formula is C35H28NO+. The fraction of sp³-hybridized carbons (Fsp3) is 0.171. The maximum atomic E-state index is 6.89. The molecule has 8 rings (SSSR count). The minimum atomic E-state index is 0.436. The Balaban J connectivity index is 1.41. The van der Waals surface area contributed by atoms with Gasteiger partial charge in [-0.3, -0.25) is 0 Å². The van der Waals surface area contributed by atoms with Crippen LogP contribution in [0.1, 0.15) is 24.0 Å². The molecule has 0 N–H and O–H groups in total. The van der Waals surface area contributed by atoms with Gasteiger partial charge in [0.2, 0.25) is 5.69 Å². The largest absolute Gasteiger partial charge is 0.454 e. The second-order valence-corrected chi connectivity index (χ2v) is 10.8. The average Bonchev–Trinajstić information content (AvgIpc) is 3.31. The summed E-state index contributed by atoms with van der Waals surface area (Å²) in [6.45, 7) is 2.18. The highest BCUT2D eigenvalue weighted by atomic mass is 16.3. The van der Waals surface area contributed by atoms with Crippen LogP contribution in [0.5, 0.6) is 0 Å². The second kappa shape index (κ2) is 7.66. The number of aromatic nitrogens is 1. The van der Waals surface area contributed by atoms with Gasteiger partial charge in [0.25, 0.3) is 0 Å². The van der Waals surface area contributed by atoms with Crippen LogP contribution in [0.15, 0.2) is 124 Å². The summed E-state index contributed by atoms with van der Waals surface area (Å²) < 4.78 is 9.07. The van der Waals surface area contributed by atoms with E-state index in [1.54, 1.807) is 11.1 Å². The van der Waals surface area contributed by atoms with E-state index < -0.39 is 0 Å². The van der Waals surface area contributed by atoms with Gasteiger partial charge >= 0.3 is 0 Å². The summed E-state index contributed by atoms with van der Waals surface area (Å²) in [6, 6.07) is 17.5. The molecule has 0 spiro atoms. The molecule has 0 radical (unpaired) electrons. The lowest BCUT2D eigenvalue weighted by Gasteiger charge is -2.43. The summed E-state index contributed by atoms with van der Waals surface area (Å²) in [5, 5.41) is 2.35. The highest BCUT2D eigenvalue weighted by Gasteiger charge is 2.41. The molecule has 178 valence electrons. The molecule has 2 aromatic heterocycles. The molecule has 1 saturated carbocycles. The summed E-state index contributed by atoms with van der Waals surface area (Å²) in [5.41, 5.74) is 14.0. The zero-order valence-electron chi connectivity index (χ0n) is 21.2. The van der Waals surface area contributed by atoms with Crippen molar-refractivity contribution in [2.24, 2.45) is 18.9 Å². The van der Waals surface area contributed by atoms with Crippen molar-refractivity contribution in [3.63, 3.8) is 0 Å². The lowest BCUT2D eigenvalue weighted by molar-refractivity contribution is -0.660. The third-order valence-corrected chi connectivity index (χ3v) is 8.81. The van der Waals surface area contributed by atoms with Crippen LogP contribution in [0, 0.1) is 18.8 Å². The summed E-state index contributed by atoms with van der Waals surface area (Å²) in [4.78, 5) is 0. The van der Waals surface area contributed by atoms with E-state index in [0.29, 0.717) is 11.8 Å². The third-order valence-electron chi connectivity index (χ3n) is 8.81. The van der Waals surface area contributed by atoms with Crippen molar-refractivity contribution in [2.75, 3.05) is 0 Å². The lowest BCUT2D eigenvalue weighted by atomic mass is 9.60. The quantitative estimate of drug-likeness (QED) is 0.266. The average molecular weight is 479 g/mol. The third kappa shape index (κ3) is 2.90. The van der Waals surface area contributed by atoms with Crippen LogP contribution in [-0.4, -0.2) is 0 Å². The highest BCUT2D eigenvalue weighted by molar-refractivity contribution is 6.12. The van der Waals surface area contributed by atoms with Gasteiger partial charge in [0.1, 0.15) is 18.2 Å². The summed E-state index contributed by atoms with van der Waals surface area (Å²) in [5.74, 6) is 0.918. The number of furan rings is 1. The number of rotatable bonds is 2. The number of nitrogens with zero attached hydrogens (tertiary/aromatic N) is 1. The van der Waals surface area contributed by atoms with Gasteiger partial charge in [0, 0.05) is 40.3 Å². The van der Waals surface area contributed by atoms with Gasteiger partial charge in [-0.05, 0) is 48.1 Å². The molecule has 37 heavy (non-hydrogen) atoms. The lowest BCUT2D eigenvalue weighted by Crippen LogP contribution is -2.31. The summed E-state index contributed by atoms with van der Waals surface area (Å²) in [7, 11) is 2.10. The van der Waals surface area contributed by atoms with Gasteiger partial charge in [-0.2, -0.15) is 0 Å². The van der Waals surface area contributed by atoms with Crippen molar-refractivity contribution in [1.29, 1.82) is 0 Å². The van der Waals surface area contributed by atoms with Crippen molar-refractivity contribution < 1.29 is 8.98 Å². The number of fused-ring (bicyclic) bond motifs is 3. The predicted molar refractivity (Wildman–Crippen MR) is 151 cm³/mol. The van der Waals surface area contributed by atoms with Gasteiger partial charge in [-0.15, -0.1) is 0 Å². The number of allylic oxidation sites excluding steroid dienone is 12. The Bertz CT molecular complexity index is 1850. The molecule has 2 aromatic carbocycles. The van der Waals surface area contributed by atoms with E-state index in [2.05, 4.69) is 116 Å². The minimum absolute atomic E-state index is 0.436. The van der Waals surface area contributed by atoms with E-state index in [4.69, 9.17) is 4.42 Å². The maximum Gasteiger partial charge on any atom is 0.216 e. The Kier molecular flexibility index (Phi) is 4.34. The van der Waals surface area contributed by atoms with Crippen LogP contribution < -0.4 is 4.57 Å². The molecule has 4 aliphatic rings. The number of para-hydroxylation sites is 1. The van der Waals surface area contributed by atoms with Crippen molar-refractivity contribution >= 4 is 27.5 Å². The zero-order chi connectivity index (χ0) is 24.7. The number of benzene rings is 2. The fourth-order valence-electron chi connectivity index (χ4n) is 7.11. The SMILES string of the molecule is Cc1ccc2c(oc3c(C4=C5C=CC=C6CCC7=CC=CC(=C4)C7C65)cccc32)c1-c1cccc[n+]1C. The Morgan fingerprint density at radius 1 is 0.811 bits per heavy atom. The molecule has 0 saturated heterocycles. The van der Waals surface area contributed by atoms with E-state index >= 15 is 0 Å². The van der Waals surface area contributed by atoms with Crippen molar-refractivity contribution in [3.8, 4) is 11.3 Å². The van der Waals surface area contributed by atoms with Crippen molar-refractivity contribution in [2.45, 2.75) is 19.8 Å². The second-order valence-electron chi connectivity index (χ2n) is 10.8. The Hall–Kier alpha value is -4.17. The van der Waals surface area contributed by atoms with Gasteiger partial charge in [0.15, 0.2) is 6.20 Å². The molecule has 2 atom stereocenters. The van der Waals surface area contributed by atoms with Gasteiger partial charge in [0.05, 0.1) is 5.56 Å². The molecule has 2 heterocycles. The first-order valence-electron chi connectivity index (χ1n) is 13.3. The first kappa shape index (κ1) is 21.0. The number of aryl methyl sites for hydroxylation is 2. The van der Waals surface area contributed by atoms with Crippen LogP contribution >= 0.6 is 0 Å². The molecule has 0 amide bonds. The molecule has 0 aliphatic heterocycles. The number of hydrogen-bond acceptors (Lipinski definition) is 1. The fourth-order valence-corrected chi connectivity index (χ4v) is 7.11. The maximum absolute atomic E-state index is 6.89. The zero-order valence-corrected chi connectivity index (χ0v) is 21.2. The predicted octanol–water partition coefficient (Wildman–Crippen LogP) is 8.10. The molecule has 2 nitrogen and oxygen atoms in total. The first-order chi connectivity index (χ1) is 18.2. The molecular weight excluding hydrogens is 450 g/mol. The van der Waals surface area contributed by atoms with E-state index in [1.807, 2.05) is 0 Å². The van der Waals surface area contributed by atoms with Gasteiger partial charge < -0.3 is 4.42 Å². The standard InChI is InChI=1S/C35H28NO/c1-21-15-18-28-26-12-7-13-27(34(26)37-35(28)31(21)30-14-3-4-19-36(30)2)29-20-24-10-5-8-22-16-17-23-9-6-11-25(29)33(23)32(22)24/h3-15,18-20,32-33H,16-17H2,1-2H3/q+1. The van der Waals surface area contributed by atoms with Crippen LogP contribution in [0.4, 0.5) is 0 Å². The Morgan fingerprint density at radius 3 is 2.49 bits per heavy atom. The normalized spacial score (nSPS) is 21.7. The van der Waals surface area contributed by atoms with Crippen molar-refractivity contribution in [3.05, 3.63) is 131 Å². The van der Waals surface area contributed by atoms with Crippen LogP contribution in [0.2, 0.25) is 0 Å². The van der Waals surface area contributed by atoms with Crippen LogP contribution in [0.3, 0.4) is 0 Å². The smallest absolute Gasteiger partial charge is 0.216 e. The molecule has 4 aromatic rings. The van der Waals surface area contributed by atoms with E-state index in [0.717, 1.165) is 23.3 Å². The molecule has 1 fully saturated rings. The van der Waals surface area contributed by atoms with Gasteiger partial charge in [-0.25, -0.2) is 4.57 Å². The minimum Gasteiger partial charge on any atom is -0.454 e. The van der Waals surface area contributed by atoms with Gasteiger partial charge in [-0.1, -0.05) is 84.0 Å². The number of pyridine rings is 1. The molecule has 0 bridgehead atoms. The monoisotopic (exact) mass is 478 g/mol. The molecule has 2 heteroatoms.